The van der Waals surface area contributed by atoms with Gasteiger partial charge >= 0.3 is 0 Å². The number of hydrogen-bond acceptors (Lipinski definition) is 4. The highest BCUT2D eigenvalue weighted by atomic mass is 16.5. The van der Waals surface area contributed by atoms with E-state index in [1.165, 1.54) is 0 Å². The Hall–Kier alpha value is -2.95. The van der Waals surface area contributed by atoms with Crippen LogP contribution in [0.1, 0.15) is 51.8 Å². The highest BCUT2D eigenvalue weighted by molar-refractivity contribution is 5.95. The minimum absolute atomic E-state index is 0.0274. The first-order chi connectivity index (χ1) is 13.0. The van der Waals surface area contributed by atoms with Crippen molar-refractivity contribution in [3.05, 3.63) is 70.6 Å². The van der Waals surface area contributed by atoms with Crippen LogP contribution >= 0.6 is 0 Å². The van der Waals surface area contributed by atoms with E-state index in [0.29, 0.717) is 18.3 Å². The number of hydrogen-bond donors (Lipinski definition) is 0. The fourth-order valence-corrected chi connectivity index (χ4v) is 3.80. The second-order valence-electron chi connectivity index (χ2n) is 7.36. The van der Waals surface area contributed by atoms with Crippen LogP contribution < -0.4 is 0 Å². The van der Waals surface area contributed by atoms with Crippen molar-refractivity contribution in [2.24, 2.45) is 0 Å². The molecule has 0 saturated carbocycles. The predicted octanol–water partition coefficient (Wildman–Crippen LogP) is 4.64. The van der Waals surface area contributed by atoms with E-state index in [-0.39, 0.29) is 11.9 Å². The third-order valence-corrected chi connectivity index (χ3v) is 4.99. The number of amides is 1. The Morgan fingerprint density at radius 2 is 1.85 bits per heavy atom. The molecule has 2 heterocycles. The van der Waals surface area contributed by atoms with Crippen molar-refractivity contribution in [2.75, 3.05) is 6.54 Å². The van der Waals surface area contributed by atoms with Gasteiger partial charge < -0.3 is 9.42 Å². The Morgan fingerprint density at radius 1 is 1.07 bits per heavy atom. The third-order valence-electron chi connectivity index (χ3n) is 4.99. The number of nitrogens with zero attached hydrogens (tertiary/aromatic N) is 3. The number of likely N-dealkylation sites (tertiary alicyclic amines) is 1. The van der Waals surface area contributed by atoms with Gasteiger partial charge in [-0.3, -0.25) is 4.79 Å². The topological polar surface area (TPSA) is 59.2 Å². The predicted molar refractivity (Wildman–Crippen MR) is 103 cm³/mol. The smallest absolute Gasteiger partial charge is 0.254 e. The quantitative estimate of drug-likeness (QED) is 0.682. The molecule has 27 heavy (non-hydrogen) atoms. The molecule has 1 amide bonds. The molecular weight excluding hydrogens is 338 g/mol. The molecule has 1 fully saturated rings. The molecular formula is C22H23N3O2. The van der Waals surface area contributed by atoms with Crippen LogP contribution in [-0.2, 0) is 0 Å². The molecule has 0 radical (unpaired) electrons. The molecule has 1 atom stereocenters. The van der Waals surface area contributed by atoms with Crippen LogP contribution in [0.15, 0.2) is 47.0 Å². The lowest BCUT2D eigenvalue weighted by molar-refractivity contribution is 0.0710. The van der Waals surface area contributed by atoms with Crippen molar-refractivity contribution in [1.29, 1.82) is 0 Å². The molecule has 0 N–H and O–H groups in total. The fourth-order valence-electron chi connectivity index (χ4n) is 3.80. The summed E-state index contributed by atoms with van der Waals surface area (Å²) in [7, 11) is 0. The standard InChI is InChI=1S/C22H23N3O2/c1-14-6-4-7-17(11-14)20-23-21(27-24-20)19-8-5-9-25(19)22(26)18-12-15(2)10-16(3)13-18/h4,6-7,10-13,19H,5,8-9H2,1-3H3/t19-/m0/s1. The number of carbonyl (C=O) groups excluding carboxylic acids is 1. The minimum atomic E-state index is -0.163. The van der Waals surface area contributed by atoms with Crippen LogP contribution in [0.2, 0.25) is 0 Å². The molecule has 0 unspecified atom stereocenters. The number of benzene rings is 2. The summed E-state index contributed by atoms with van der Waals surface area (Å²) in [6.45, 7) is 6.76. The zero-order chi connectivity index (χ0) is 19.0. The van der Waals surface area contributed by atoms with E-state index in [2.05, 4.69) is 16.2 Å². The van der Waals surface area contributed by atoms with Gasteiger partial charge in [0.25, 0.3) is 5.91 Å². The minimum Gasteiger partial charge on any atom is -0.337 e. The van der Waals surface area contributed by atoms with E-state index >= 15 is 0 Å². The maximum Gasteiger partial charge on any atom is 0.254 e. The highest BCUT2D eigenvalue weighted by Crippen LogP contribution is 2.33. The lowest BCUT2D eigenvalue weighted by Crippen LogP contribution is -2.30. The summed E-state index contributed by atoms with van der Waals surface area (Å²) in [5.41, 5.74) is 4.97. The third kappa shape index (κ3) is 3.50. The van der Waals surface area contributed by atoms with E-state index in [9.17, 15) is 4.79 Å². The van der Waals surface area contributed by atoms with Gasteiger partial charge in [-0.15, -0.1) is 0 Å². The maximum atomic E-state index is 13.1. The molecule has 4 rings (SSSR count). The van der Waals surface area contributed by atoms with Crippen LogP contribution in [0.25, 0.3) is 11.4 Å². The molecule has 0 aliphatic carbocycles. The molecule has 0 bridgehead atoms. The van der Waals surface area contributed by atoms with Gasteiger partial charge in [-0.25, -0.2) is 0 Å². The molecule has 1 aliphatic heterocycles. The van der Waals surface area contributed by atoms with E-state index in [4.69, 9.17) is 4.52 Å². The number of aryl methyl sites for hydroxylation is 3. The maximum absolute atomic E-state index is 13.1. The van der Waals surface area contributed by atoms with E-state index in [0.717, 1.165) is 40.7 Å². The van der Waals surface area contributed by atoms with Crippen LogP contribution in [0.4, 0.5) is 0 Å². The summed E-state index contributed by atoms with van der Waals surface area (Å²) < 4.78 is 5.55. The number of carbonyl (C=O) groups is 1. The Labute approximate surface area is 159 Å². The summed E-state index contributed by atoms with van der Waals surface area (Å²) in [6.07, 6.45) is 1.77. The lowest BCUT2D eigenvalue weighted by Gasteiger charge is -2.22. The summed E-state index contributed by atoms with van der Waals surface area (Å²) in [6, 6.07) is 13.8. The summed E-state index contributed by atoms with van der Waals surface area (Å²) in [5.74, 6) is 1.11. The Morgan fingerprint density at radius 3 is 2.59 bits per heavy atom. The second-order valence-corrected chi connectivity index (χ2v) is 7.36. The highest BCUT2D eigenvalue weighted by Gasteiger charge is 2.34. The summed E-state index contributed by atoms with van der Waals surface area (Å²) in [5, 5.41) is 4.14. The lowest BCUT2D eigenvalue weighted by atomic mass is 10.1. The van der Waals surface area contributed by atoms with E-state index in [1.807, 2.05) is 62.1 Å². The Kier molecular flexibility index (Phi) is 4.52. The van der Waals surface area contributed by atoms with Crippen molar-refractivity contribution < 1.29 is 9.32 Å². The van der Waals surface area contributed by atoms with Gasteiger partial charge in [0, 0.05) is 17.7 Å². The largest absolute Gasteiger partial charge is 0.337 e. The molecule has 3 aromatic rings. The molecule has 1 aromatic heterocycles. The van der Waals surface area contributed by atoms with Gasteiger partial charge in [0.15, 0.2) is 0 Å². The van der Waals surface area contributed by atoms with Crippen molar-refractivity contribution >= 4 is 5.91 Å². The van der Waals surface area contributed by atoms with Crippen molar-refractivity contribution in [1.82, 2.24) is 15.0 Å². The number of aromatic nitrogens is 2. The molecule has 5 heteroatoms. The van der Waals surface area contributed by atoms with Crippen molar-refractivity contribution in [3.63, 3.8) is 0 Å². The van der Waals surface area contributed by atoms with Crippen LogP contribution in [-0.4, -0.2) is 27.5 Å². The van der Waals surface area contributed by atoms with Crippen molar-refractivity contribution in [2.45, 2.75) is 39.7 Å². The van der Waals surface area contributed by atoms with Crippen LogP contribution in [0.5, 0.6) is 0 Å². The average molecular weight is 361 g/mol. The Balaban J connectivity index is 1.61. The zero-order valence-corrected chi connectivity index (χ0v) is 15.9. The van der Waals surface area contributed by atoms with Gasteiger partial charge in [0.1, 0.15) is 6.04 Å². The molecule has 5 nitrogen and oxygen atoms in total. The molecule has 1 saturated heterocycles. The second kappa shape index (κ2) is 6.99. The first-order valence-electron chi connectivity index (χ1n) is 9.31. The van der Waals surface area contributed by atoms with E-state index < -0.39 is 0 Å². The first kappa shape index (κ1) is 17.5. The molecule has 138 valence electrons. The van der Waals surface area contributed by atoms with Crippen molar-refractivity contribution in [3.8, 4) is 11.4 Å². The van der Waals surface area contributed by atoms with Crippen LogP contribution in [0.3, 0.4) is 0 Å². The summed E-state index contributed by atoms with van der Waals surface area (Å²) in [4.78, 5) is 19.5. The zero-order valence-electron chi connectivity index (χ0n) is 15.9. The monoisotopic (exact) mass is 361 g/mol. The normalized spacial score (nSPS) is 16.7. The first-order valence-corrected chi connectivity index (χ1v) is 9.31. The van der Waals surface area contributed by atoms with Crippen LogP contribution in [0, 0.1) is 20.8 Å². The number of rotatable bonds is 3. The summed E-state index contributed by atoms with van der Waals surface area (Å²) >= 11 is 0. The fraction of sp³-hybridized carbons (Fsp3) is 0.318. The van der Waals surface area contributed by atoms with Gasteiger partial charge in [0.05, 0.1) is 0 Å². The Bertz CT molecular complexity index is 972. The van der Waals surface area contributed by atoms with Gasteiger partial charge in [-0.2, -0.15) is 4.98 Å². The molecule has 1 aliphatic rings. The molecule has 0 spiro atoms. The van der Waals surface area contributed by atoms with E-state index in [1.54, 1.807) is 0 Å². The van der Waals surface area contributed by atoms with Gasteiger partial charge in [-0.05, 0) is 51.8 Å². The SMILES string of the molecule is Cc1cc(C)cc(C(=O)N2CCC[C@H]2c2nc(-c3cccc(C)c3)no2)c1. The van der Waals surface area contributed by atoms with Gasteiger partial charge in [-0.1, -0.05) is 46.1 Å². The average Bonchev–Trinajstić information content (AvgIpc) is 3.29. The van der Waals surface area contributed by atoms with Gasteiger partial charge in [0.2, 0.25) is 11.7 Å². The molecule has 2 aromatic carbocycles.